The van der Waals surface area contributed by atoms with Crippen molar-refractivity contribution in [1.82, 2.24) is 0 Å². The number of likely N-dealkylation sites (N-methyl/N-ethyl adjacent to an activating group) is 1. The van der Waals surface area contributed by atoms with E-state index in [-0.39, 0.29) is 5.91 Å². The monoisotopic (exact) mass is 461 g/mol. The van der Waals surface area contributed by atoms with E-state index in [0.29, 0.717) is 20.7 Å². The first kappa shape index (κ1) is 18.3. The highest BCUT2D eigenvalue weighted by molar-refractivity contribution is 9.10. The number of halogens is 2. The van der Waals surface area contributed by atoms with Crippen molar-refractivity contribution in [3.63, 3.8) is 0 Å². The van der Waals surface area contributed by atoms with E-state index in [4.69, 9.17) is 11.6 Å². The Kier molecular flexibility index (Phi) is 4.61. The molecule has 0 bridgehead atoms. The summed E-state index contributed by atoms with van der Waals surface area (Å²) in [7, 11) is 3.53. The number of rotatable bonds is 1. The fraction of sp³-hybridized carbons (Fsp3) is 0.105. The number of carbonyl (C=O) groups excluding carboxylic acids is 2. The average molecular weight is 463 g/mol. The number of fused-ring (bicyclic) bond motifs is 1. The van der Waals surface area contributed by atoms with Crippen molar-refractivity contribution in [3.05, 3.63) is 62.4 Å². The van der Waals surface area contributed by atoms with Gasteiger partial charge < -0.3 is 9.80 Å². The van der Waals surface area contributed by atoms with Gasteiger partial charge in [-0.1, -0.05) is 27.5 Å². The minimum absolute atomic E-state index is 0.204. The molecule has 0 fully saturated rings. The number of anilines is 2. The Hall–Kier alpha value is -2.09. The van der Waals surface area contributed by atoms with E-state index < -0.39 is 5.91 Å². The molecular weight excluding hydrogens is 450 g/mol. The van der Waals surface area contributed by atoms with Crippen molar-refractivity contribution in [2.24, 2.45) is 4.99 Å². The number of hydrogen-bond donors (Lipinski definition) is 0. The number of hydrogen-bond acceptors (Lipinski definition) is 4. The molecule has 0 aliphatic carbocycles. The first-order valence-corrected chi connectivity index (χ1v) is 9.98. The van der Waals surface area contributed by atoms with Gasteiger partial charge in [-0.3, -0.25) is 9.59 Å². The molecule has 4 rings (SSSR count). The SMILES string of the molecule is CN(C1=NC(=O)/C(=C2/C(=O)N(C)c3ccc(Br)cc32)S1)c1ccc(Cl)cc1. The lowest BCUT2D eigenvalue weighted by Gasteiger charge is -2.17. The normalized spacial score (nSPS) is 18.8. The summed E-state index contributed by atoms with van der Waals surface area (Å²) in [5.74, 6) is -0.607. The van der Waals surface area contributed by atoms with Crippen LogP contribution in [0.4, 0.5) is 11.4 Å². The number of amides is 2. The summed E-state index contributed by atoms with van der Waals surface area (Å²) in [6.07, 6.45) is 0. The summed E-state index contributed by atoms with van der Waals surface area (Å²) in [4.78, 5) is 33.3. The van der Waals surface area contributed by atoms with E-state index in [0.717, 1.165) is 21.4 Å². The summed E-state index contributed by atoms with van der Waals surface area (Å²) in [6.45, 7) is 0. The Morgan fingerprint density at radius 1 is 1.15 bits per heavy atom. The average Bonchev–Trinajstić information content (AvgIpc) is 3.13. The minimum atomic E-state index is -0.402. The van der Waals surface area contributed by atoms with Crippen molar-refractivity contribution in [2.45, 2.75) is 0 Å². The fourth-order valence-corrected chi connectivity index (χ4v) is 4.46. The molecule has 2 aromatic carbocycles. The predicted octanol–water partition coefficient (Wildman–Crippen LogP) is 4.56. The molecule has 0 saturated heterocycles. The minimum Gasteiger partial charge on any atom is -0.324 e. The van der Waals surface area contributed by atoms with Crippen LogP contribution in [-0.4, -0.2) is 31.1 Å². The molecule has 5 nitrogen and oxygen atoms in total. The van der Waals surface area contributed by atoms with Crippen molar-refractivity contribution in [3.8, 4) is 0 Å². The lowest BCUT2D eigenvalue weighted by atomic mass is 10.1. The first-order chi connectivity index (χ1) is 12.9. The number of aliphatic imine (C=N–C) groups is 1. The Morgan fingerprint density at radius 3 is 2.56 bits per heavy atom. The van der Waals surface area contributed by atoms with Crippen LogP contribution in [0, 0.1) is 0 Å². The van der Waals surface area contributed by atoms with Gasteiger partial charge in [-0.15, -0.1) is 0 Å². The molecular formula is C19H13BrClN3O2S. The van der Waals surface area contributed by atoms with Gasteiger partial charge in [0, 0.05) is 34.8 Å². The third kappa shape index (κ3) is 3.09. The number of nitrogens with zero attached hydrogens (tertiary/aromatic N) is 3. The van der Waals surface area contributed by atoms with Gasteiger partial charge in [0.1, 0.15) is 0 Å². The smallest absolute Gasteiger partial charge is 0.287 e. The second kappa shape index (κ2) is 6.82. The van der Waals surface area contributed by atoms with E-state index in [2.05, 4.69) is 20.9 Å². The quantitative estimate of drug-likeness (QED) is 0.583. The van der Waals surface area contributed by atoms with Gasteiger partial charge in [0.15, 0.2) is 5.17 Å². The number of thioether (sulfide) groups is 1. The Bertz CT molecular complexity index is 1050. The molecule has 2 amide bonds. The van der Waals surface area contributed by atoms with E-state index in [1.54, 1.807) is 29.0 Å². The molecule has 0 aromatic heterocycles. The maximum absolute atomic E-state index is 12.8. The molecule has 0 atom stereocenters. The van der Waals surface area contributed by atoms with Crippen LogP contribution in [0.3, 0.4) is 0 Å². The van der Waals surface area contributed by atoms with E-state index in [1.807, 2.05) is 37.4 Å². The van der Waals surface area contributed by atoms with Gasteiger partial charge in [0.05, 0.1) is 16.2 Å². The molecule has 2 aliphatic rings. The summed E-state index contributed by atoms with van der Waals surface area (Å²) < 4.78 is 0.845. The van der Waals surface area contributed by atoms with Crippen LogP contribution in [0.15, 0.2) is 56.8 Å². The van der Waals surface area contributed by atoms with Gasteiger partial charge in [0.25, 0.3) is 11.8 Å². The highest BCUT2D eigenvalue weighted by Crippen LogP contribution is 2.44. The van der Waals surface area contributed by atoms with E-state index in [1.165, 1.54) is 11.8 Å². The van der Waals surface area contributed by atoms with Crippen LogP contribution < -0.4 is 9.80 Å². The van der Waals surface area contributed by atoms with Crippen LogP contribution in [0.1, 0.15) is 5.56 Å². The third-order valence-electron chi connectivity index (χ3n) is 4.42. The molecule has 2 heterocycles. The molecule has 0 radical (unpaired) electrons. The molecule has 0 N–H and O–H groups in total. The van der Waals surface area contributed by atoms with Gasteiger partial charge >= 0.3 is 0 Å². The summed E-state index contributed by atoms with van der Waals surface area (Å²) in [6, 6.07) is 12.8. The maximum atomic E-state index is 12.8. The van der Waals surface area contributed by atoms with Crippen molar-refractivity contribution < 1.29 is 9.59 Å². The maximum Gasteiger partial charge on any atom is 0.287 e. The molecule has 0 unspecified atom stereocenters. The fourth-order valence-electron chi connectivity index (χ4n) is 2.98. The number of carbonyl (C=O) groups is 2. The van der Waals surface area contributed by atoms with Crippen LogP contribution >= 0.6 is 39.3 Å². The first-order valence-electron chi connectivity index (χ1n) is 7.99. The highest BCUT2D eigenvalue weighted by atomic mass is 79.9. The summed E-state index contributed by atoms with van der Waals surface area (Å²) in [5, 5.41) is 1.15. The topological polar surface area (TPSA) is 53.0 Å². The van der Waals surface area contributed by atoms with Gasteiger partial charge in [-0.2, -0.15) is 4.99 Å². The Balaban J connectivity index is 1.73. The van der Waals surface area contributed by atoms with Crippen molar-refractivity contribution >= 4 is 73.2 Å². The van der Waals surface area contributed by atoms with Gasteiger partial charge in [0.2, 0.25) is 0 Å². The van der Waals surface area contributed by atoms with Crippen LogP contribution in [0.5, 0.6) is 0 Å². The Morgan fingerprint density at radius 2 is 1.85 bits per heavy atom. The van der Waals surface area contributed by atoms with E-state index in [9.17, 15) is 9.59 Å². The second-order valence-corrected chi connectivity index (χ2v) is 8.40. The molecule has 27 heavy (non-hydrogen) atoms. The molecule has 0 spiro atoms. The zero-order chi connectivity index (χ0) is 19.3. The summed E-state index contributed by atoms with van der Waals surface area (Å²) in [5.41, 5.74) is 2.76. The second-order valence-electron chi connectivity index (χ2n) is 6.07. The lowest BCUT2D eigenvalue weighted by Crippen LogP contribution is -2.22. The molecule has 2 aromatic rings. The van der Waals surface area contributed by atoms with Crippen LogP contribution in [0.25, 0.3) is 5.57 Å². The van der Waals surface area contributed by atoms with Crippen molar-refractivity contribution in [1.29, 1.82) is 0 Å². The highest BCUT2D eigenvalue weighted by Gasteiger charge is 2.38. The predicted molar refractivity (Wildman–Crippen MR) is 114 cm³/mol. The van der Waals surface area contributed by atoms with Crippen LogP contribution in [0.2, 0.25) is 5.02 Å². The number of amidine groups is 1. The molecule has 136 valence electrons. The standard InChI is InChI=1S/C19H13BrClN3O2S/c1-23(12-6-4-11(21)5-7-12)19-22-17(25)16(27-19)15-13-9-10(20)3-8-14(13)24(2)18(15)26/h3-9H,1-2H3/b16-15-. The zero-order valence-electron chi connectivity index (χ0n) is 14.4. The van der Waals surface area contributed by atoms with Crippen molar-refractivity contribution in [2.75, 3.05) is 23.9 Å². The molecule has 8 heteroatoms. The largest absolute Gasteiger partial charge is 0.324 e. The van der Waals surface area contributed by atoms with Crippen LogP contribution in [-0.2, 0) is 9.59 Å². The van der Waals surface area contributed by atoms with Gasteiger partial charge in [-0.25, -0.2) is 0 Å². The number of benzene rings is 2. The Labute approximate surface area is 173 Å². The third-order valence-corrected chi connectivity index (χ3v) is 6.30. The van der Waals surface area contributed by atoms with E-state index >= 15 is 0 Å². The molecule has 0 saturated carbocycles. The molecule has 2 aliphatic heterocycles. The zero-order valence-corrected chi connectivity index (χ0v) is 17.5. The lowest BCUT2D eigenvalue weighted by molar-refractivity contribution is -0.115. The summed E-state index contributed by atoms with van der Waals surface area (Å²) >= 11 is 10.6. The van der Waals surface area contributed by atoms with Gasteiger partial charge in [-0.05, 0) is 54.2 Å².